The lowest BCUT2D eigenvalue weighted by Gasteiger charge is -2.15. The van der Waals surface area contributed by atoms with Gasteiger partial charge in [-0.25, -0.2) is 4.98 Å². The Morgan fingerprint density at radius 1 is 1.36 bits per heavy atom. The van der Waals surface area contributed by atoms with Crippen molar-refractivity contribution in [1.82, 2.24) is 25.0 Å². The van der Waals surface area contributed by atoms with Crippen LogP contribution in [-0.2, 0) is 7.05 Å². The molecule has 1 N–H and O–H groups in total. The predicted molar refractivity (Wildman–Crippen MR) is 93.3 cm³/mol. The molecule has 0 radical (unpaired) electrons. The molecule has 0 amide bonds. The summed E-state index contributed by atoms with van der Waals surface area (Å²) in [6, 6.07) is 6.30. The van der Waals surface area contributed by atoms with Crippen LogP contribution in [0, 0.1) is 0 Å². The van der Waals surface area contributed by atoms with Gasteiger partial charge in [0.1, 0.15) is 6.33 Å². The Balaban J connectivity index is 2.14. The fourth-order valence-corrected chi connectivity index (χ4v) is 2.40. The average molecular weight is 362 g/mol. The number of anilines is 2. The number of hydrogen-bond donors (Lipinski definition) is 1. The number of methoxy groups -OCH3 is 1. The first-order valence-electron chi connectivity index (χ1n) is 8.63. The zero-order valence-electron chi connectivity index (χ0n) is 16.3. The summed E-state index contributed by atoms with van der Waals surface area (Å²) in [5.41, 5.74) is 0.937. The fourth-order valence-electron chi connectivity index (χ4n) is 2.25. The lowest BCUT2D eigenvalue weighted by atomic mass is 10.1. The van der Waals surface area contributed by atoms with E-state index in [4.69, 9.17) is 20.5 Å². The van der Waals surface area contributed by atoms with E-state index >= 15 is 0 Å². The highest BCUT2D eigenvalue weighted by molar-refractivity contribution is 6.29. The molecule has 0 aliphatic heterocycles. The molecule has 3 aromatic rings. The van der Waals surface area contributed by atoms with Gasteiger partial charge in [0.25, 0.3) is 0 Å². The number of aryl methyl sites for hydroxylation is 1. The third-order valence-electron chi connectivity index (χ3n) is 3.32. The van der Waals surface area contributed by atoms with Crippen LogP contribution in [0.2, 0.25) is 5.15 Å². The Morgan fingerprint density at radius 2 is 2.20 bits per heavy atom. The van der Waals surface area contributed by atoms with Crippen LogP contribution in [0.3, 0.4) is 0 Å². The minimum absolute atomic E-state index is 0.00358. The number of carbonyl (C=O) groups excluding carboxylic acids is 1. The Morgan fingerprint density at radius 3 is 2.88 bits per heavy atom. The number of Topliss-reactive ketones (excluding diaryl/α,β-unsaturated/α-hetero) is 1. The molecule has 0 fully saturated rings. The van der Waals surface area contributed by atoms with Gasteiger partial charge in [-0.3, -0.25) is 9.48 Å². The number of halogens is 1. The summed E-state index contributed by atoms with van der Waals surface area (Å²) in [5.74, 6) is -0.0632. The number of benzene rings is 1. The van der Waals surface area contributed by atoms with Crippen LogP contribution < -0.4 is 10.1 Å². The summed E-state index contributed by atoms with van der Waals surface area (Å²) >= 11 is 5.89. The van der Waals surface area contributed by atoms with Crippen molar-refractivity contribution in [1.29, 1.82) is 0 Å². The highest BCUT2D eigenvalue weighted by atomic mass is 35.5. The van der Waals surface area contributed by atoms with Crippen molar-refractivity contribution in [2.75, 3.05) is 12.4 Å². The van der Waals surface area contributed by atoms with Gasteiger partial charge in [0.15, 0.2) is 28.2 Å². The Labute approximate surface area is 153 Å². The van der Waals surface area contributed by atoms with E-state index in [0.717, 1.165) is 0 Å². The van der Waals surface area contributed by atoms with Gasteiger partial charge < -0.3 is 10.1 Å². The molecule has 0 spiro atoms. The molecule has 0 aliphatic carbocycles. The van der Waals surface area contributed by atoms with E-state index in [9.17, 15) is 4.79 Å². The van der Waals surface area contributed by atoms with Crippen LogP contribution >= 0.6 is 11.6 Å². The lowest BCUT2D eigenvalue weighted by Crippen LogP contribution is -2.06. The van der Waals surface area contributed by atoms with Crippen molar-refractivity contribution in [2.45, 2.75) is 6.92 Å². The second-order valence-electron chi connectivity index (χ2n) is 5.14. The van der Waals surface area contributed by atoms with E-state index in [1.54, 1.807) is 25.2 Å². The molecule has 0 saturated heterocycles. The van der Waals surface area contributed by atoms with Gasteiger partial charge in [-0.1, -0.05) is 17.7 Å². The maximum atomic E-state index is 11.8. The SMILES string of the molecule is [2H]C([2H])([2H])Oc1c(Nc2cc(Cl)nnc2C(C)=O)cccc1-c1ncn(C)n1. The average Bonchev–Trinajstić information content (AvgIpc) is 3.01. The molecule has 0 unspecified atom stereocenters. The maximum Gasteiger partial charge on any atom is 0.184 e. The largest absolute Gasteiger partial charge is 0.494 e. The smallest absolute Gasteiger partial charge is 0.184 e. The van der Waals surface area contributed by atoms with Gasteiger partial charge in [-0.15, -0.1) is 10.2 Å². The van der Waals surface area contributed by atoms with Crippen molar-refractivity contribution in [3.8, 4) is 17.1 Å². The number of rotatable bonds is 5. The first-order valence-corrected chi connectivity index (χ1v) is 7.51. The molecule has 2 aromatic heterocycles. The molecule has 0 saturated carbocycles. The zero-order chi connectivity index (χ0) is 20.5. The number of para-hydroxylation sites is 1. The molecule has 2 heterocycles. The third-order valence-corrected chi connectivity index (χ3v) is 3.51. The van der Waals surface area contributed by atoms with E-state index in [0.29, 0.717) is 5.56 Å². The van der Waals surface area contributed by atoms with Gasteiger partial charge in [0, 0.05) is 20.0 Å². The number of nitrogens with zero attached hydrogens (tertiary/aromatic N) is 5. The minimum atomic E-state index is -2.72. The third kappa shape index (κ3) is 3.43. The van der Waals surface area contributed by atoms with Gasteiger partial charge in [0.2, 0.25) is 0 Å². The van der Waals surface area contributed by atoms with Crippen molar-refractivity contribution in [2.24, 2.45) is 7.05 Å². The number of ether oxygens (including phenoxy) is 1. The van der Waals surface area contributed by atoms with Crippen LogP contribution in [0.5, 0.6) is 5.75 Å². The van der Waals surface area contributed by atoms with Gasteiger partial charge in [-0.05, 0) is 12.1 Å². The molecule has 128 valence electrons. The number of carbonyl (C=O) groups is 1. The van der Waals surface area contributed by atoms with E-state index in [1.165, 1.54) is 24.0 Å². The normalized spacial score (nSPS) is 12.8. The van der Waals surface area contributed by atoms with Crippen molar-refractivity contribution >= 4 is 28.8 Å². The van der Waals surface area contributed by atoms with Crippen molar-refractivity contribution < 1.29 is 13.6 Å². The summed E-state index contributed by atoms with van der Waals surface area (Å²) < 4.78 is 29.2. The second kappa shape index (κ2) is 6.86. The van der Waals surface area contributed by atoms with E-state index in [1.807, 2.05) is 0 Å². The Hall–Kier alpha value is -3.00. The topological polar surface area (TPSA) is 94.8 Å². The van der Waals surface area contributed by atoms with Crippen molar-refractivity contribution in [3.63, 3.8) is 0 Å². The lowest BCUT2D eigenvalue weighted by molar-refractivity contribution is 0.101. The summed E-state index contributed by atoms with van der Waals surface area (Å²) in [7, 11) is -1.04. The molecular weight excluding hydrogens is 344 g/mol. The minimum Gasteiger partial charge on any atom is -0.494 e. The highest BCUT2D eigenvalue weighted by Gasteiger charge is 2.17. The quantitative estimate of drug-likeness (QED) is 0.698. The predicted octanol–water partition coefficient (Wildman–Crippen LogP) is 2.88. The highest BCUT2D eigenvalue weighted by Crippen LogP contribution is 2.37. The Kier molecular flexibility index (Phi) is 3.65. The summed E-state index contributed by atoms with van der Waals surface area (Å²) in [4.78, 5) is 16.0. The standard InChI is InChI=1S/C16H15ClN6O2/c1-9(24)14-12(7-13(17)20-21-14)19-11-6-4-5-10(15(11)25-3)16-18-8-23(2)22-16/h4-8H,1-3H3,(H,19,20)/i3D3. The number of aromatic nitrogens is 5. The molecule has 8 nitrogen and oxygen atoms in total. The molecule has 0 aliphatic rings. The number of hydrogen-bond acceptors (Lipinski definition) is 7. The number of nitrogens with one attached hydrogen (secondary N) is 1. The number of ketones is 1. The Bertz CT molecular complexity index is 1040. The van der Waals surface area contributed by atoms with E-state index in [2.05, 4.69) is 25.6 Å². The molecule has 0 atom stereocenters. The van der Waals surface area contributed by atoms with Crippen LogP contribution in [0.25, 0.3) is 11.4 Å². The second-order valence-corrected chi connectivity index (χ2v) is 5.52. The van der Waals surface area contributed by atoms with Gasteiger partial charge in [-0.2, -0.15) is 5.10 Å². The van der Waals surface area contributed by atoms with Crippen LogP contribution in [0.4, 0.5) is 11.4 Å². The van der Waals surface area contributed by atoms with E-state index in [-0.39, 0.29) is 39.6 Å². The van der Waals surface area contributed by atoms with Crippen LogP contribution in [0.15, 0.2) is 30.6 Å². The molecule has 9 heteroatoms. The molecule has 3 rings (SSSR count). The first kappa shape index (κ1) is 13.3. The molecule has 1 aromatic carbocycles. The zero-order valence-corrected chi connectivity index (χ0v) is 14.1. The fraction of sp³-hybridized carbons (Fsp3) is 0.188. The van der Waals surface area contributed by atoms with Crippen LogP contribution in [-0.4, -0.2) is 37.8 Å². The van der Waals surface area contributed by atoms with E-state index < -0.39 is 7.04 Å². The molecule has 0 bridgehead atoms. The summed E-state index contributed by atoms with van der Waals surface area (Å²) in [5, 5.41) is 14.7. The van der Waals surface area contributed by atoms with Crippen molar-refractivity contribution in [3.05, 3.63) is 41.4 Å². The monoisotopic (exact) mass is 361 g/mol. The maximum absolute atomic E-state index is 11.8. The van der Waals surface area contributed by atoms with Gasteiger partial charge in [0.05, 0.1) is 28.1 Å². The first-order chi connectivity index (χ1) is 13.1. The summed E-state index contributed by atoms with van der Waals surface area (Å²) in [6.07, 6.45) is 1.48. The summed E-state index contributed by atoms with van der Waals surface area (Å²) in [6.45, 7) is 1.33. The molecule has 25 heavy (non-hydrogen) atoms. The van der Waals surface area contributed by atoms with Gasteiger partial charge >= 0.3 is 0 Å². The molecular formula is C16H15ClN6O2. The van der Waals surface area contributed by atoms with Crippen LogP contribution in [0.1, 0.15) is 21.5 Å².